The monoisotopic (exact) mass is 333 g/mol. The summed E-state index contributed by atoms with van der Waals surface area (Å²) in [7, 11) is -3.49. The van der Waals surface area contributed by atoms with E-state index in [0.717, 1.165) is 11.1 Å². The maximum Gasteiger partial charge on any atom is 0.341 e. The molecule has 0 aliphatic heterocycles. The molecule has 0 radical (unpaired) electrons. The van der Waals surface area contributed by atoms with E-state index in [9.17, 15) is 18.0 Å². The number of rotatable bonds is 6. The quantitative estimate of drug-likeness (QED) is 0.803. The lowest BCUT2D eigenvalue weighted by atomic mass is 10.2. The number of sulfone groups is 1. The second kappa shape index (κ2) is 7.04. The highest BCUT2D eigenvalue weighted by molar-refractivity contribution is 7.92. The van der Waals surface area contributed by atoms with E-state index in [1.54, 1.807) is 13.0 Å². The van der Waals surface area contributed by atoms with Crippen LogP contribution in [0.15, 0.2) is 6.07 Å². The highest BCUT2D eigenvalue weighted by Gasteiger charge is 2.26. The number of nitrogens with one attached hydrogen (secondary N) is 1. The molecule has 0 aliphatic carbocycles. The zero-order valence-corrected chi connectivity index (χ0v) is 14.1. The highest BCUT2D eigenvalue weighted by atomic mass is 32.2. The smallest absolute Gasteiger partial charge is 0.341 e. The average Bonchev–Trinajstić information content (AvgIpc) is 2.80. The van der Waals surface area contributed by atoms with Gasteiger partial charge in [0.15, 0.2) is 9.84 Å². The third-order valence-corrected chi connectivity index (χ3v) is 5.57. The molecule has 0 aliphatic rings. The van der Waals surface area contributed by atoms with E-state index in [2.05, 4.69) is 5.32 Å². The van der Waals surface area contributed by atoms with Gasteiger partial charge in [-0.15, -0.1) is 11.3 Å². The molecule has 0 fully saturated rings. The summed E-state index contributed by atoms with van der Waals surface area (Å²) in [6.45, 7) is 5.15. The van der Waals surface area contributed by atoms with Gasteiger partial charge in [-0.3, -0.25) is 4.79 Å². The van der Waals surface area contributed by atoms with E-state index in [1.807, 2.05) is 6.92 Å². The van der Waals surface area contributed by atoms with Gasteiger partial charge in [-0.2, -0.15) is 0 Å². The molecular formula is C13H19NO5S2. The van der Waals surface area contributed by atoms with Crippen LogP contribution in [0.4, 0.5) is 5.00 Å². The average molecular weight is 333 g/mol. The zero-order chi connectivity index (χ0) is 16.2. The SMILES string of the molecule is CCOC(=O)c1cc(CC)sc1NC(=O)[C@@H](C)S(C)(=O)=O. The normalized spacial score (nSPS) is 12.8. The van der Waals surface area contributed by atoms with Crippen LogP contribution in [0.1, 0.15) is 36.0 Å². The fourth-order valence-electron chi connectivity index (χ4n) is 1.48. The maximum atomic E-state index is 12.0. The van der Waals surface area contributed by atoms with Crippen LogP contribution in [0.3, 0.4) is 0 Å². The largest absolute Gasteiger partial charge is 0.462 e. The molecule has 1 atom stereocenters. The molecule has 118 valence electrons. The Hall–Kier alpha value is -1.41. The van der Waals surface area contributed by atoms with Gasteiger partial charge in [0.1, 0.15) is 10.3 Å². The van der Waals surface area contributed by atoms with Crippen LogP contribution in [-0.4, -0.2) is 38.4 Å². The molecule has 0 saturated heterocycles. The molecule has 0 spiro atoms. The van der Waals surface area contributed by atoms with Crippen molar-refractivity contribution in [2.24, 2.45) is 0 Å². The van der Waals surface area contributed by atoms with Crippen molar-refractivity contribution in [3.05, 3.63) is 16.5 Å². The Morgan fingerprint density at radius 3 is 2.48 bits per heavy atom. The summed E-state index contributed by atoms with van der Waals surface area (Å²) < 4.78 is 27.7. The van der Waals surface area contributed by atoms with Crippen molar-refractivity contribution in [3.8, 4) is 0 Å². The van der Waals surface area contributed by atoms with E-state index >= 15 is 0 Å². The lowest BCUT2D eigenvalue weighted by Crippen LogP contribution is -2.32. The minimum Gasteiger partial charge on any atom is -0.462 e. The molecule has 8 heteroatoms. The Morgan fingerprint density at radius 2 is 2.00 bits per heavy atom. The van der Waals surface area contributed by atoms with Crippen LogP contribution in [0.2, 0.25) is 0 Å². The zero-order valence-electron chi connectivity index (χ0n) is 12.4. The van der Waals surface area contributed by atoms with Crippen molar-refractivity contribution in [1.82, 2.24) is 0 Å². The number of carbonyl (C=O) groups excluding carboxylic acids is 2. The van der Waals surface area contributed by atoms with Crippen LogP contribution in [0.25, 0.3) is 0 Å². The summed E-state index contributed by atoms with van der Waals surface area (Å²) in [4.78, 5) is 24.7. The van der Waals surface area contributed by atoms with Crippen LogP contribution in [0, 0.1) is 0 Å². The van der Waals surface area contributed by atoms with Gasteiger partial charge in [-0.25, -0.2) is 13.2 Å². The summed E-state index contributed by atoms with van der Waals surface area (Å²) >= 11 is 1.24. The summed E-state index contributed by atoms with van der Waals surface area (Å²) in [6, 6.07) is 1.66. The van der Waals surface area contributed by atoms with Crippen molar-refractivity contribution in [3.63, 3.8) is 0 Å². The van der Waals surface area contributed by atoms with Gasteiger partial charge in [0.25, 0.3) is 0 Å². The topological polar surface area (TPSA) is 89.5 Å². The predicted molar refractivity (Wildman–Crippen MR) is 82.6 cm³/mol. The summed E-state index contributed by atoms with van der Waals surface area (Å²) in [5.41, 5.74) is 0.257. The van der Waals surface area contributed by atoms with Crippen molar-refractivity contribution in [1.29, 1.82) is 0 Å². The van der Waals surface area contributed by atoms with E-state index in [4.69, 9.17) is 4.74 Å². The summed E-state index contributed by atoms with van der Waals surface area (Å²) in [6.07, 6.45) is 1.70. The van der Waals surface area contributed by atoms with Crippen molar-refractivity contribution in [2.45, 2.75) is 32.4 Å². The van der Waals surface area contributed by atoms with Gasteiger partial charge in [-0.1, -0.05) is 6.92 Å². The van der Waals surface area contributed by atoms with E-state index in [0.29, 0.717) is 11.4 Å². The summed E-state index contributed by atoms with van der Waals surface area (Å²) in [5, 5.41) is 1.65. The molecule has 1 aromatic rings. The minimum absolute atomic E-state index is 0.225. The summed E-state index contributed by atoms with van der Waals surface area (Å²) in [5.74, 6) is -1.19. The van der Waals surface area contributed by atoms with Crippen LogP contribution < -0.4 is 5.32 Å². The van der Waals surface area contributed by atoms with Crippen LogP contribution >= 0.6 is 11.3 Å². The van der Waals surface area contributed by atoms with Gasteiger partial charge >= 0.3 is 5.97 Å². The molecule has 0 unspecified atom stereocenters. The van der Waals surface area contributed by atoms with Crippen LogP contribution in [0.5, 0.6) is 0 Å². The molecule has 21 heavy (non-hydrogen) atoms. The highest BCUT2D eigenvalue weighted by Crippen LogP contribution is 2.29. The first-order chi connectivity index (χ1) is 9.70. The molecule has 1 heterocycles. The number of amides is 1. The van der Waals surface area contributed by atoms with E-state index < -0.39 is 27.0 Å². The first-order valence-corrected chi connectivity index (χ1v) is 9.27. The van der Waals surface area contributed by atoms with Gasteiger partial charge in [0.05, 0.1) is 12.2 Å². The van der Waals surface area contributed by atoms with Gasteiger partial charge in [-0.05, 0) is 26.3 Å². The molecule has 0 bridgehead atoms. The van der Waals surface area contributed by atoms with Gasteiger partial charge in [0.2, 0.25) is 5.91 Å². The predicted octanol–water partition coefficient (Wildman–Crippen LogP) is 1.86. The second-order valence-corrected chi connectivity index (χ2v) is 7.99. The van der Waals surface area contributed by atoms with Gasteiger partial charge < -0.3 is 10.1 Å². The van der Waals surface area contributed by atoms with Gasteiger partial charge in [0, 0.05) is 11.1 Å². The van der Waals surface area contributed by atoms with Crippen molar-refractivity contribution >= 4 is 38.1 Å². The maximum absolute atomic E-state index is 12.0. The molecule has 1 amide bonds. The first kappa shape index (κ1) is 17.6. The van der Waals surface area contributed by atoms with Crippen molar-refractivity contribution in [2.75, 3.05) is 18.2 Å². The number of ether oxygens (including phenoxy) is 1. The Kier molecular flexibility index (Phi) is 5.91. The molecule has 1 aromatic heterocycles. The number of hydrogen-bond donors (Lipinski definition) is 1. The Morgan fingerprint density at radius 1 is 1.38 bits per heavy atom. The molecule has 6 nitrogen and oxygen atoms in total. The third-order valence-electron chi connectivity index (χ3n) is 2.88. The number of thiophene rings is 1. The van der Waals surface area contributed by atoms with E-state index in [1.165, 1.54) is 18.3 Å². The molecular weight excluding hydrogens is 314 g/mol. The first-order valence-electron chi connectivity index (χ1n) is 6.50. The number of esters is 1. The Bertz CT molecular complexity index is 633. The van der Waals surface area contributed by atoms with Crippen molar-refractivity contribution < 1.29 is 22.7 Å². The Labute approximate surface area is 128 Å². The lowest BCUT2D eigenvalue weighted by molar-refractivity contribution is -0.115. The third kappa shape index (κ3) is 4.53. The molecule has 0 aromatic carbocycles. The fourth-order valence-corrected chi connectivity index (χ4v) is 2.91. The van der Waals surface area contributed by atoms with E-state index in [-0.39, 0.29) is 12.2 Å². The number of aryl methyl sites for hydroxylation is 1. The molecule has 0 saturated carbocycles. The number of anilines is 1. The molecule has 1 N–H and O–H groups in total. The lowest BCUT2D eigenvalue weighted by Gasteiger charge is -2.10. The Balaban J connectivity index is 3.04. The fraction of sp³-hybridized carbons (Fsp3) is 0.538. The number of hydrogen-bond acceptors (Lipinski definition) is 6. The second-order valence-electron chi connectivity index (χ2n) is 4.49. The number of carbonyl (C=O) groups is 2. The molecule has 1 rings (SSSR count). The van der Waals surface area contributed by atoms with Crippen LogP contribution in [-0.2, 0) is 25.8 Å². The standard InChI is InChI=1S/C13H19NO5S2/c1-5-9-7-10(13(16)19-6-2)12(20-9)14-11(15)8(3)21(4,17)18/h7-8H,5-6H2,1-4H3,(H,14,15)/t8-/m1/s1. The minimum atomic E-state index is -3.49.